The molecule has 2 saturated heterocycles. The Balaban J connectivity index is 0.00000115. The summed E-state index contributed by atoms with van der Waals surface area (Å²) in [5.74, 6) is -1.69. The third-order valence-corrected chi connectivity index (χ3v) is 6.32. The molecular formula is C23H31F4N5O4. The number of nitrogens with one attached hydrogen (secondary N) is 2. The quantitative estimate of drug-likeness (QED) is 0.342. The van der Waals surface area contributed by atoms with Gasteiger partial charge in [-0.2, -0.15) is 0 Å². The number of nitrogens with zero attached hydrogens (tertiary/aromatic N) is 3. The molecule has 1 spiro atoms. The van der Waals surface area contributed by atoms with E-state index in [0.29, 0.717) is 38.5 Å². The van der Waals surface area contributed by atoms with E-state index in [-0.39, 0.29) is 30.1 Å². The maximum atomic E-state index is 14.2. The minimum absolute atomic E-state index is 0.000880. The number of halogens is 4. The molecule has 13 heteroatoms. The van der Waals surface area contributed by atoms with Crippen LogP contribution < -0.4 is 15.4 Å². The van der Waals surface area contributed by atoms with Crippen LogP contribution in [0.4, 0.5) is 22.4 Å². The van der Waals surface area contributed by atoms with Gasteiger partial charge < -0.3 is 30.1 Å². The van der Waals surface area contributed by atoms with Crippen molar-refractivity contribution < 1.29 is 36.7 Å². The summed E-state index contributed by atoms with van der Waals surface area (Å²) in [6.07, 6.45) is -2.26. The van der Waals surface area contributed by atoms with Crippen molar-refractivity contribution in [1.29, 1.82) is 0 Å². The highest BCUT2D eigenvalue weighted by atomic mass is 19.4. The van der Waals surface area contributed by atoms with Crippen LogP contribution in [-0.4, -0.2) is 92.3 Å². The van der Waals surface area contributed by atoms with Crippen LogP contribution in [0, 0.1) is 11.2 Å². The highest BCUT2D eigenvalue weighted by Crippen LogP contribution is 2.42. The molecule has 0 bridgehead atoms. The molecule has 1 aromatic rings. The zero-order valence-corrected chi connectivity index (χ0v) is 20.4. The van der Waals surface area contributed by atoms with Gasteiger partial charge in [-0.05, 0) is 39.4 Å². The van der Waals surface area contributed by atoms with Crippen molar-refractivity contribution in [2.24, 2.45) is 5.41 Å². The standard InChI is InChI=1S/C21H24F4N4O4.C2H7N/c1-27-10-20(18(27)31)7-15(9-28(11-20)12-30)29(14-3-4-14)19(32)26-8-13-2-5-16(6-17(13)22)33-21(23,24)25;1-3-2/h2,5-6,12,14-15H,3-4,7-11H2,1H3,(H,26,32);3H,1-2H3. The Bertz CT molecular complexity index is 974. The number of rotatable bonds is 6. The monoisotopic (exact) mass is 517 g/mol. The molecule has 4 rings (SSSR count). The van der Waals surface area contributed by atoms with Gasteiger partial charge in [0.15, 0.2) is 0 Å². The van der Waals surface area contributed by atoms with Crippen LogP contribution in [0.2, 0.25) is 0 Å². The average molecular weight is 518 g/mol. The Kier molecular flexibility index (Phi) is 8.32. The molecule has 2 heterocycles. The van der Waals surface area contributed by atoms with Gasteiger partial charge in [-0.1, -0.05) is 6.07 Å². The molecule has 9 nitrogen and oxygen atoms in total. The number of carbonyl (C=O) groups excluding carboxylic acids is 3. The molecular weight excluding hydrogens is 486 g/mol. The number of hydrogen-bond donors (Lipinski definition) is 2. The van der Waals surface area contributed by atoms with Gasteiger partial charge in [0.25, 0.3) is 0 Å². The summed E-state index contributed by atoms with van der Waals surface area (Å²) in [7, 11) is 5.44. The molecule has 0 radical (unpaired) electrons. The number of urea groups is 1. The first kappa shape index (κ1) is 27.5. The number of ether oxygens (including phenoxy) is 1. The van der Waals surface area contributed by atoms with Crippen molar-refractivity contribution in [2.45, 2.75) is 44.3 Å². The van der Waals surface area contributed by atoms with Crippen LogP contribution in [-0.2, 0) is 16.1 Å². The molecule has 4 amide bonds. The molecule has 200 valence electrons. The van der Waals surface area contributed by atoms with E-state index in [2.05, 4.69) is 15.4 Å². The predicted octanol–water partition coefficient (Wildman–Crippen LogP) is 1.92. The third-order valence-electron chi connectivity index (χ3n) is 6.32. The van der Waals surface area contributed by atoms with Crippen LogP contribution in [0.5, 0.6) is 5.75 Å². The number of hydrogen-bond acceptors (Lipinski definition) is 5. The Morgan fingerprint density at radius 3 is 2.42 bits per heavy atom. The molecule has 1 aliphatic carbocycles. The van der Waals surface area contributed by atoms with E-state index in [4.69, 9.17) is 0 Å². The molecule has 3 fully saturated rings. The first-order valence-corrected chi connectivity index (χ1v) is 11.6. The summed E-state index contributed by atoms with van der Waals surface area (Å²) in [6, 6.07) is 1.81. The van der Waals surface area contributed by atoms with Crippen LogP contribution in [0.15, 0.2) is 18.2 Å². The van der Waals surface area contributed by atoms with E-state index in [1.807, 2.05) is 14.1 Å². The molecule has 2 aliphatic heterocycles. The number of piperidine rings is 1. The van der Waals surface area contributed by atoms with Crippen LogP contribution in [0.1, 0.15) is 24.8 Å². The maximum absolute atomic E-state index is 14.2. The van der Waals surface area contributed by atoms with E-state index >= 15 is 0 Å². The van der Waals surface area contributed by atoms with E-state index in [9.17, 15) is 31.9 Å². The van der Waals surface area contributed by atoms with Crippen molar-refractivity contribution in [1.82, 2.24) is 25.3 Å². The summed E-state index contributed by atoms with van der Waals surface area (Å²) in [5, 5.41) is 5.37. The highest BCUT2D eigenvalue weighted by molar-refractivity contribution is 5.89. The fraction of sp³-hybridized carbons (Fsp3) is 0.609. The third kappa shape index (κ3) is 6.37. The summed E-state index contributed by atoms with van der Waals surface area (Å²) < 4.78 is 54.8. The number of carbonyl (C=O) groups is 3. The van der Waals surface area contributed by atoms with Crippen molar-refractivity contribution in [3.63, 3.8) is 0 Å². The van der Waals surface area contributed by atoms with Gasteiger partial charge in [-0.3, -0.25) is 9.59 Å². The van der Waals surface area contributed by atoms with Gasteiger partial charge in [0.2, 0.25) is 12.3 Å². The van der Waals surface area contributed by atoms with Crippen LogP contribution in [0.25, 0.3) is 0 Å². The molecule has 1 aromatic carbocycles. The van der Waals surface area contributed by atoms with Gasteiger partial charge in [0.1, 0.15) is 11.6 Å². The number of β-lactam (4-membered cyclic amide) rings is 1. The number of amides is 4. The minimum atomic E-state index is -4.93. The van der Waals surface area contributed by atoms with Crippen LogP contribution in [0.3, 0.4) is 0 Å². The van der Waals surface area contributed by atoms with E-state index < -0.39 is 29.4 Å². The van der Waals surface area contributed by atoms with E-state index in [0.717, 1.165) is 25.0 Å². The molecule has 2 atom stereocenters. The van der Waals surface area contributed by atoms with Crippen molar-refractivity contribution in [3.8, 4) is 5.75 Å². The summed E-state index contributed by atoms with van der Waals surface area (Å²) in [5.41, 5.74) is -0.703. The Morgan fingerprint density at radius 2 is 1.92 bits per heavy atom. The zero-order valence-electron chi connectivity index (χ0n) is 20.4. The maximum Gasteiger partial charge on any atom is 0.573 e. The van der Waals surface area contributed by atoms with Gasteiger partial charge in [0, 0.05) is 50.9 Å². The molecule has 3 aliphatic rings. The topological polar surface area (TPSA) is 94.2 Å². The summed E-state index contributed by atoms with van der Waals surface area (Å²) >= 11 is 0. The smallest absolute Gasteiger partial charge is 0.406 e. The minimum Gasteiger partial charge on any atom is -0.406 e. The molecule has 1 saturated carbocycles. The lowest BCUT2D eigenvalue weighted by molar-refractivity contribution is -0.274. The molecule has 2 N–H and O–H groups in total. The highest BCUT2D eigenvalue weighted by Gasteiger charge is 2.56. The largest absolute Gasteiger partial charge is 0.573 e. The SMILES string of the molecule is CN1CC2(CC(N(C(=O)NCc3ccc(OC(F)(F)F)cc3F)C3CC3)CN(C=O)C2)C1=O.CNC. The Morgan fingerprint density at radius 1 is 1.25 bits per heavy atom. The van der Waals surface area contributed by atoms with E-state index in [1.54, 1.807) is 16.8 Å². The normalized spacial score (nSPS) is 23.4. The average Bonchev–Trinajstić information content (AvgIpc) is 3.63. The van der Waals surface area contributed by atoms with Gasteiger partial charge in [-0.25, -0.2) is 9.18 Å². The van der Waals surface area contributed by atoms with Crippen molar-refractivity contribution in [3.05, 3.63) is 29.6 Å². The molecule has 2 unspecified atom stereocenters. The Labute approximate surface area is 206 Å². The second-order valence-electron chi connectivity index (χ2n) is 9.43. The molecule has 36 heavy (non-hydrogen) atoms. The number of likely N-dealkylation sites (tertiary alicyclic amines) is 2. The predicted molar refractivity (Wildman–Crippen MR) is 121 cm³/mol. The van der Waals surface area contributed by atoms with Crippen molar-refractivity contribution >= 4 is 18.3 Å². The van der Waals surface area contributed by atoms with Gasteiger partial charge in [-0.15, -0.1) is 13.2 Å². The first-order chi connectivity index (χ1) is 16.9. The fourth-order valence-corrected chi connectivity index (χ4v) is 4.86. The summed E-state index contributed by atoms with van der Waals surface area (Å²) in [6.45, 7) is 0.874. The number of alkyl halides is 3. The van der Waals surface area contributed by atoms with Gasteiger partial charge >= 0.3 is 12.4 Å². The second-order valence-corrected chi connectivity index (χ2v) is 9.43. The van der Waals surface area contributed by atoms with E-state index in [1.165, 1.54) is 4.90 Å². The first-order valence-electron chi connectivity index (χ1n) is 11.6. The lowest BCUT2D eigenvalue weighted by atomic mass is 9.71. The van der Waals surface area contributed by atoms with Gasteiger partial charge in [0.05, 0.1) is 11.5 Å². The lowest BCUT2D eigenvalue weighted by Gasteiger charge is -2.54. The lowest BCUT2D eigenvalue weighted by Crippen LogP contribution is -2.70. The zero-order chi connectivity index (χ0) is 26.7. The second kappa shape index (κ2) is 10.9. The van der Waals surface area contributed by atoms with Crippen LogP contribution >= 0.6 is 0 Å². The summed E-state index contributed by atoms with van der Waals surface area (Å²) in [4.78, 5) is 41.8. The Hall–Kier alpha value is -3.09. The fourth-order valence-electron chi connectivity index (χ4n) is 4.86. The molecule has 0 aromatic heterocycles. The number of benzene rings is 1. The van der Waals surface area contributed by atoms with Crippen molar-refractivity contribution in [2.75, 3.05) is 40.8 Å².